The molecule has 2 amide bonds. The lowest BCUT2D eigenvalue weighted by Crippen LogP contribution is -2.39. The summed E-state index contributed by atoms with van der Waals surface area (Å²) in [5.41, 5.74) is 7.07. The Kier molecular flexibility index (Phi) is 6.48. The molecule has 0 spiro atoms. The zero-order valence-corrected chi connectivity index (χ0v) is 12.5. The number of carbonyl (C=O) groups is 2. The van der Waals surface area contributed by atoms with Gasteiger partial charge < -0.3 is 16.0 Å². The zero-order valence-electron chi connectivity index (χ0n) is 11.8. The Morgan fingerprint density at radius 2 is 2.05 bits per heavy atom. The molecule has 0 bridgehead atoms. The van der Waals surface area contributed by atoms with Crippen LogP contribution in [0, 0.1) is 6.92 Å². The Morgan fingerprint density at radius 3 is 2.65 bits per heavy atom. The summed E-state index contributed by atoms with van der Waals surface area (Å²) in [6.45, 7) is 4.49. The second kappa shape index (κ2) is 7.87. The van der Waals surface area contributed by atoms with Crippen LogP contribution < -0.4 is 11.1 Å². The standard InChI is InChI=1S/C14H20ClN3O2/c1-10-3-4-12(15)9-13(10)17-14(20)18(8-6-16)7-5-11(2)19/h3-4,9H,5-8,16H2,1-2H3,(H,17,20). The van der Waals surface area contributed by atoms with E-state index in [9.17, 15) is 9.59 Å². The quantitative estimate of drug-likeness (QED) is 0.846. The molecule has 0 atom stereocenters. The maximum absolute atomic E-state index is 12.2. The van der Waals surface area contributed by atoms with Crippen LogP contribution in [-0.2, 0) is 4.79 Å². The van der Waals surface area contributed by atoms with Crippen molar-refractivity contribution >= 4 is 29.1 Å². The number of benzene rings is 1. The van der Waals surface area contributed by atoms with Crippen molar-refractivity contribution < 1.29 is 9.59 Å². The van der Waals surface area contributed by atoms with Crippen molar-refractivity contribution in [3.63, 3.8) is 0 Å². The first-order valence-corrected chi connectivity index (χ1v) is 6.83. The van der Waals surface area contributed by atoms with Crippen molar-refractivity contribution in [2.24, 2.45) is 5.73 Å². The number of urea groups is 1. The highest BCUT2D eigenvalue weighted by Gasteiger charge is 2.14. The molecule has 0 aliphatic rings. The maximum atomic E-state index is 12.2. The van der Waals surface area contributed by atoms with Gasteiger partial charge in [-0.1, -0.05) is 17.7 Å². The van der Waals surface area contributed by atoms with Gasteiger partial charge in [0.05, 0.1) is 0 Å². The number of anilines is 1. The minimum Gasteiger partial charge on any atom is -0.329 e. The van der Waals surface area contributed by atoms with E-state index in [1.54, 1.807) is 12.1 Å². The number of ketones is 1. The van der Waals surface area contributed by atoms with E-state index in [4.69, 9.17) is 17.3 Å². The summed E-state index contributed by atoms with van der Waals surface area (Å²) < 4.78 is 0. The zero-order chi connectivity index (χ0) is 15.1. The molecule has 0 radical (unpaired) electrons. The molecule has 3 N–H and O–H groups in total. The molecule has 0 fully saturated rings. The number of aryl methyl sites for hydroxylation is 1. The van der Waals surface area contributed by atoms with Gasteiger partial charge in [-0.05, 0) is 31.5 Å². The predicted molar refractivity (Wildman–Crippen MR) is 81.1 cm³/mol. The molecule has 0 unspecified atom stereocenters. The third-order valence-electron chi connectivity index (χ3n) is 2.86. The fourth-order valence-electron chi connectivity index (χ4n) is 1.69. The first-order chi connectivity index (χ1) is 9.43. The van der Waals surface area contributed by atoms with Crippen molar-refractivity contribution in [2.75, 3.05) is 25.0 Å². The van der Waals surface area contributed by atoms with E-state index in [1.165, 1.54) is 11.8 Å². The van der Waals surface area contributed by atoms with Gasteiger partial charge in [0.15, 0.2) is 0 Å². The molecule has 0 aromatic heterocycles. The molecule has 0 heterocycles. The Morgan fingerprint density at radius 1 is 1.35 bits per heavy atom. The van der Waals surface area contributed by atoms with Crippen LogP contribution in [0.2, 0.25) is 5.02 Å². The van der Waals surface area contributed by atoms with Crippen molar-refractivity contribution in [1.29, 1.82) is 0 Å². The van der Waals surface area contributed by atoms with Crippen LogP contribution >= 0.6 is 11.6 Å². The third-order valence-corrected chi connectivity index (χ3v) is 3.10. The van der Waals surface area contributed by atoms with Crippen molar-refractivity contribution in [1.82, 2.24) is 4.90 Å². The lowest BCUT2D eigenvalue weighted by molar-refractivity contribution is -0.117. The predicted octanol–water partition coefficient (Wildman–Crippen LogP) is 2.42. The van der Waals surface area contributed by atoms with Crippen LogP contribution in [-0.4, -0.2) is 36.3 Å². The van der Waals surface area contributed by atoms with Crippen LogP contribution in [0.25, 0.3) is 0 Å². The van der Waals surface area contributed by atoms with Gasteiger partial charge in [-0.3, -0.25) is 4.79 Å². The number of nitrogens with two attached hydrogens (primary N) is 1. The number of amides is 2. The lowest BCUT2D eigenvalue weighted by atomic mass is 10.2. The van der Waals surface area contributed by atoms with Crippen LogP contribution in [0.5, 0.6) is 0 Å². The smallest absolute Gasteiger partial charge is 0.321 e. The van der Waals surface area contributed by atoms with E-state index < -0.39 is 0 Å². The summed E-state index contributed by atoms with van der Waals surface area (Å²) in [5.74, 6) is 0.0405. The van der Waals surface area contributed by atoms with Gasteiger partial charge >= 0.3 is 6.03 Å². The highest BCUT2D eigenvalue weighted by Crippen LogP contribution is 2.20. The van der Waals surface area contributed by atoms with Gasteiger partial charge in [-0.15, -0.1) is 0 Å². The normalized spacial score (nSPS) is 10.2. The second-order valence-corrected chi connectivity index (χ2v) is 5.05. The Balaban J connectivity index is 2.74. The highest BCUT2D eigenvalue weighted by molar-refractivity contribution is 6.31. The molecule has 0 aliphatic carbocycles. The number of nitrogens with zero attached hydrogens (tertiary/aromatic N) is 1. The van der Waals surface area contributed by atoms with Crippen LogP contribution in [0.3, 0.4) is 0 Å². The minimum atomic E-state index is -0.276. The molecule has 1 aromatic carbocycles. The van der Waals surface area contributed by atoms with Gasteiger partial charge in [-0.2, -0.15) is 0 Å². The van der Waals surface area contributed by atoms with E-state index in [0.29, 0.717) is 36.8 Å². The monoisotopic (exact) mass is 297 g/mol. The van der Waals surface area contributed by atoms with Crippen LogP contribution in [0.4, 0.5) is 10.5 Å². The number of rotatable bonds is 6. The fourth-order valence-corrected chi connectivity index (χ4v) is 1.86. The molecule has 20 heavy (non-hydrogen) atoms. The molecular formula is C14H20ClN3O2. The summed E-state index contributed by atoms with van der Waals surface area (Å²) >= 11 is 5.91. The topological polar surface area (TPSA) is 75.4 Å². The van der Waals surface area contributed by atoms with E-state index >= 15 is 0 Å². The number of nitrogens with one attached hydrogen (secondary N) is 1. The summed E-state index contributed by atoms with van der Waals surface area (Å²) in [6.07, 6.45) is 0.321. The molecule has 6 heteroatoms. The minimum absolute atomic E-state index is 0.0405. The number of hydrogen-bond acceptors (Lipinski definition) is 3. The van der Waals surface area contributed by atoms with Crippen molar-refractivity contribution in [3.8, 4) is 0 Å². The van der Waals surface area contributed by atoms with Gasteiger partial charge in [0.1, 0.15) is 5.78 Å². The maximum Gasteiger partial charge on any atom is 0.321 e. The van der Waals surface area contributed by atoms with Crippen molar-refractivity contribution in [2.45, 2.75) is 20.3 Å². The molecule has 1 aromatic rings. The largest absolute Gasteiger partial charge is 0.329 e. The summed E-state index contributed by atoms with van der Waals surface area (Å²) in [6, 6.07) is 5.02. The van der Waals surface area contributed by atoms with E-state index in [-0.39, 0.29) is 11.8 Å². The average molecular weight is 298 g/mol. The molecule has 0 saturated heterocycles. The second-order valence-electron chi connectivity index (χ2n) is 4.62. The average Bonchev–Trinajstić information content (AvgIpc) is 2.38. The van der Waals surface area contributed by atoms with E-state index in [0.717, 1.165) is 5.56 Å². The van der Waals surface area contributed by atoms with Gasteiger partial charge in [0.2, 0.25) is 0 Å². The van der Waals surface area contributed by atoms with Crippen LogP contribution in [0.15, 0.2) is 18.2 Å². The van der Waals surface area contributed by atoms with Gasteiger partial charge in [0.25, 0.3) is 0 Å². The molecule has 0 saturated carbocycles. The number of hydrogen-bond donors (Lipinski definition) is 2. The first kappa shape index (κ1) is 16.5. The SMILES string of the molecule is CC(=O)CCN(CCN)C(=O)Nc1cc(Cl)ccc1C. The van der Waals surface area contributed by atoms with Gasteiger partial charge in [0, 0.05) is 36.8 Å². The first-order valence-electron chi connectivity index (χ1n) is 6.45. The molecule has 5 nitrogen and oxygen atoms in total. The van der Waals surface area contributed by atoms with Crippen LogP contribution in [0.1, 0.15) is 18.9 Å². The Bertz CT molecular complexity index is 491. The molecule has 110 valence electrons. The summed E-state index contributed by atoms with van der Waals surface area (Å²) in [5, 5.41) is 3.35. The third kappa shape index (κ3) is 5.19. The lowest BCUT2D eigenvalue weighted by Gasteiger charge is -2.22. The fraction of sp³-hybridized carbons (Fsp3) is 0.429. The Labute approximate surface area is 124 Å². The van der Waals surface area contributed by atoms with E-state index in [1.807, 2.05) is 13.0 Å². The molecule has 1 rings (SSSR count). The van der Waals surface area contributed by atoms with Gasteiger partial charge in [-0.25, -0.2) is 4.79 Å². The number of Topliss-reactive ketones (excluding diaryl/α,β-unsaturated/α-hetero) is 1. The molecular weight excluding hydrogens is 278 g/mol. The summed E-state index contributed by atoms with van der Waals surface area (Å²) in [4.78, 5) is 24.7. The van der Waals surface area contributed by atoms with Crippen molar-refractivity contribution in [3.05, 3.63) is 28.8 Å². The van der Waals surface area contributed by atoms with E-state index in [2.05, 4.69) is 5.32 Å². The summed E-state index contributed by atoms with van der Waals surface area (Å²) in [7, 11) is 0. The Hall–Kier alpha value is -1.59. The number of halogens is 1. The molecule has 0 aliphatic heterocycles. The highest BCUT2D eigenvalue weighted by atomic mass is 35.5. The number of carbonyl (C=O) groups excluding carboxylic acids is 2.